The fraction of sp³-hybridized carbons (Fsp3) is 0.231. The highest BCUT2D eigenvalue weighted by Crippen LogP contribution is 2.12. The van der Waals surface area contributed by atoms with E-state index in [1.165, 1.54) is 12.5 Å². The molecule has 1 heterocycles. The lowest BCUT2D eigenvalue weighted by Crippen LogP contribution is -2.22. The van der Waals surface area contributed by atoms with Gasteiger partial charge < -0.3 is 4.42 Å². The Morgan fingerprint density at radius 2 is 1.84 bits per heavy atom. The number of halogens is 1. The maximum atomic E-state index is 12.0. The highest BCUT2D eigenvalue weighted by atomic mass is 35.5. The highest BCUT2D eigenvalue weighted by molar-refractivity contribution is 7.89. The van der Waals surface area contributed by atoms with Crippen LogP contribution in [-0.2, 0) is 23.0 Å². The van der Waals surface area contributed by atoms with Crippen molar-refractivity contribution in [2.45, 2.75) is 17.9 Å². The molecule has 2 aromatic rings. The smallest absolute Gasteiger partial charge is 0.240 e. The number of nitrogens with one attached hydrogen (secondary N) is 1. The molecule has 4 nitrogen and oxygen atoms in total. The summed E-state index contributed by atoms with van der Waals surface area (Å²) in [5, 5.41) is 0. The second-order valence-corrected chi connectivity index (χ2v) is 6.18. The molecule has 0 saturated carbocycles. The van der Waals surface area contributed by atoms with Crippen LogP contribution in [-0.4, -0.2) is 14.3 Å². The van der Waals surface area contributed by atoms with Crippen LogP contribution < -0.4 is 4.72 Å². The molecule has 0 fully saturated rings. The summed E-state index contributed by atoms with van der Waals surface area (Å²) >= 11 is 5.63. The first-order chi connectivity index (χ1) is 9.12. The van der Waals surface area contributed by atoms with Gasteiger partial charge in [-0.3, -0.25) is 0 Å². The Kier molecular flexibility index (Phi) is 4.63. The molecule has 0 atom stereocenters. The Morgan fingerprint density at radius 3 is 2.42 bits per heavy atom. The first-order valence-electron chi connectivity index (χ1n) is 5.77. The Balaban J connectivity index is 2.06. The molecule has 0 saturated heterocycles. The van der Waals surface area contributed by atoms with Crippen molar-refractivity contribution < 1.29 is 12.8 Å². The minimum atomic E-state index is -3.49. The third-order valence-electron chi connectivity index (χ3n) is 2.66. The summed E-state index contributed by atoms with van der Waals surface area (Å²) in [4.78, 5) is 0.245. The summed E-state index contributed by atoms with van der Waals surface area (Å²) in [5.41, 5.74) is 1.80. The zero-order valence-electron chi connectivity index (χ0n) is 10.2. The van der Waals surface area contributed by atoms with Crippen LogP contribution in [0.2, 0.25) is 0 Å². The quantitative estimate of drug-likeness (QED) is 0.834. The van der Waals surface area contributed by atoms with E-state index in [2.05, 4.69) is 4.72 Å². The molecule has 6 heteroatoms. The van der Waals surface area contributed by atoms with Crippen molar-refractivity contribution >= 4 is 21.6 Å². The van der Waals surface area contributed by atoms with Crippen molar-refractivity contribution in [1.29, 1.82) is 0 Å². The molecule has 19 heavy (non-hydrogen) atoms. The van der Waals surface area contributed by atoms with Crippen LogP contribution in [0.15, 0.2) is 52.2 Å². The van der Waals surface area contributed by atoms with Crippen molar-refractivity contribution in [3.05, 3.63) is 54.0 Å². The molecule has 0 spiro atoms. The second kappa shape index (κ2) is 6.23. The third kappa shape index (κ3) is 3.83. The van der Waals surface area contributed by atoms with Gasteiger partial charge in [0.05, 0.1) is 17.4 Å². The van der Waals surface area contributed by atoms with Gasteiger partial charge in [0.15, 0.2) is 0 Å². The maximum Gasteiger partial charge on any atom is 0.240 e. The van der Waals surface area contributed by atoms with Gasteiger partial charge in [0.2, 0.25) is 10.0 Å². The molecular weight excluding hydrogens is 286 g/mol. The van der Waals surface area contributed by atoms with Crippen molar-refractivity contribution in [3.63, 3.8) is 0 Å². The van der Waals surface area contributed by atoms with E-state index in [-0.39, 0.29) is 11.4 Å². The molecule has 0 unspecified atom stereocenters. The van der Waals surface area contributed by atoms with Crippen LogP contribution in [0.5, 0.6) is 0 Å². The number of hydrogen-bond acceptors (Lipinski definition) is 3. The van der Waals surface area contributed by atoms with Gasteiger partial charge in [-0.15, -0.1) is 11.6 Å². The molecule has 0 amide bonds. The lowest BCUT2D eigenvalue weighted by atomic mass is 10.2. The van der Waals surface area contributed by atoms with Gasteiger partial charge in [0.25, 0.3) is 0 Å². The maximum absolute atomic E-state index is 12.0. The lowest BCUT2D eigenvalue weighted by Gasteiger charge is -2.06. The van der Waals surface area contributed by atoms with Crippen LogP contribution in [0.3, 0.4) is 0 Å². The minimum Gasteiger partial charge on any atom is -0.472 e. The van der Waals surface area contributed by atoms with Crippen molar-refractivity contribution in [3.8, 4) is 0 Å². The molecule has 0 aliphatic heterocycles. The van der Waals surface area contributed by atoms with E-state index in [1.54, 1.807) is 30.3 Å². The number of sulfonamides is 1. The van der Waals surface area contributed by atoms with Gasteiger partial charge in [-0.2, -0.15) is 0 Å². The zero-order valence-corrected chi connectivity index (χ0v) is 11.7. The zero-order chi connectivity index (χ0) is 13.7. The molecular formula is C13H14ClNO3S. The minimum absolute atomic E-state index is 0.211. The normalized spacial score (nSPS) is 11.6. The van der Waals surface area contributed by atoms with Gasteiger partial charge in [-0.05, 0) is 30.2 Å². The van der Waals surface area contributed by atoms with E-state index in [1.807, 2.05) is 0 Å². The van der Waals surface area contributed by atoms with Crippen molar-refractivity contribution in [1.82, 2.24) is 4.72 Å². The first kappa shape index (κ1) is 14.1. The van der Waals surface area contributed by atoms with Crippen LogP contribution in [0, 0.1) is 0 Å². The van der Waals surface area contributed by atoms with E-state index in [0.717, 1.165) is 17.5 Å². The molecule has 2 rings (SSSR count). The standard InChI is InChI=1S/C13H14ClNO3S/c14-7-5-11-1-3-13(4-2-11)19(16,17)15-9-12-6-8-18-10-12/h1-4,6,8,10,15H,5,7,9H2. The Morgan fingerprint density at radius 1 is 1.11 bits per heavy atom. The largest absolute Gasteiger partial charge is 0.472 e. The fourth-order valence-corrected chi connectivity index (χ4v) is 2.84. The lowest BCUT2D eigenvalue weighted by molar-refractivity contribution is 0.561. The molecule has 1 N–H and O–H groups in total. The Bertz CT molecular complexity index is 606. The number of hydrogen-bond donors (Lipinski definition) is 1. The van der Waals surface area contributed by atoms with E-state index >= 15 is 0 Å². The van der Waals surface area contributed by atoms with Gasteiger partial charge in [0.1, 0.15) is 0 Å². The number of furan rings is 1. The third-order valence-corrected chi connectivity index (χ3v) is 4.27. The van der Waals surface area contributed by atoms with Gasteiger partial charge in [-0.25, -0.2) is 13.1 Å². The predicted molar refractivity (Wildman–Crippen MR) is 73.6 cm³/mol. The number of benzene rings is 1. The molecule has 0 radical (unpaired) electrons. The Hall–Kier alpha value is -1.30. The molecule has 102 valence electrons. The molecule has 1 aromatic heterocycles. The van der Waals surface area contributed by atoms with Gasteiger partial charge in [-0.1, -0.05) is 12.1 Å². The molecule has 0 bridgehead atoms. The molecule has 1 aromatic carbocycles. The fourth-order valence-electron chi connectivity index (χ4n) is 1.60. The number of aryl methyl sites for hydroxylation is 1. The molecule has 0 aliphatic rings. The summed E-state index contributed by atoms with van der Waals surface area (Å²) in [5.74, 6) is 0.519. The summed E-state index contributed by atoms with van der Waals surface area (Å²) < 4.78 is 31.5. The average Bonchev–Trinajstić information content (AvgIpc) is 2.91. The summed E-state index contributed by atoms with van der Waals surface area (Å²) in [6, 6.07) is 8.43. The van der Waals surface area contributed by atoms with Crippen molar-refractivity contribution in [2.75, 3.05) is 5.88 Å². The van der Waals surface area contributed by atoms with E-state index in [0.29, 0.717) is 5.88 Å². The topological polar surface area (TPSA) is 59.3 Å². The summed E-state index contributed by atoms with van der Waals surface area (Å²) in [6.45, 7) is 0.211. The molecule has 0 aliphatic carbocycles. The number of rotatable bonds is 6. The van der Waals surface area contributed by atoms with E-state index in [4.69, 9.17) is 16.0 Å². The van der Waals surface area contributed by atoms with Gasteiger partial charge >= 0.3 is 0 Å². The van der Waals surface area contributed by atoms with Crippen LogP contribution in [0.25, 0.3) is 0 Å². The average molecular weight is 300 g/mol. The SMILES string of the molecule is O=S(=O)(NCc1ccoc1)c1ccc(CCCl)cc1. The Labute approximate surface area is 117 Å². The second-order valence-electron chi connectivity index (χ2n) is 4.04. The monoisotopic (exact) mass is 299 g/mol. The first-order valence-corrected chi connectivity index (χ1v) is 7.79. The van der Waals surface area contributed by atoms with E-state index < -0.39 is 10.0 Å². The predicted octanol–water partition coefficient (Wildman–Crippen LogP) is 2.54. The van der Waals surface area contributed by atoms with Crippen LogP contribution in [0.1, 0.15) is 11.1 Å². The summed E-state index contributed by atoms with van der Waals surface area (Å²) in [7, 11) is -3.49. The van der Waals surface area contributed by atoms with E-state index in [9.17, 15) is 8.42 Å². The van der Waals surface area contributed by atoms with Gasteiger partial charge in [0, 0.05) is 18.0 Å². The summed E-state index contributed by atoms with van der Waals surface area (Å²) in [6.07, 6.45) is 3.74. The number of alkyl halides is 1. The van der Waals surface area contributed by atoms with Crippen molar-refractivity contribution in [2.24, 2.45) is 0 Å². The highest BCUT2D eigenvalue weighted by Gasteiger charge is 2.13. The van der Waals surface area contributed by atoms with Crippen LogP contribution >= 0.6 is 11.6 Å². The van der Waals surface area contributed by atoms with Crippen LogP contribution in [0.4, 0.5) is 0 Å².